The lowest BCUT2D eigenvalue weighted by atomic mass is 9.91. The van der Waals surface area contributed by atoms with E-state index < -0.39 is 0 Å². The molecule has 0 N–H and O–H groups in total. The van der Waals surface area contributed by atoms with Crippen LogP contribution < -0.4 is 0 Å². The van der Waals surface area contributed by atoms with Crippen molar-refractivity contribution in [2.45, 2.75) is 20.3 Å². The van der Waals surface area contributed by atoms with E-state index in [1.54, 1.807) is 0 Å². The van der Waals surface area contributed by atoms with E-state index in [4.69, 9.17) is 0 Å². The molecule has 1 heteroatoms. The van der Waals surface area contributed by atoms with Gasteiger partial charge in [0, 0.05) is 11.1 Å². The smallest absolute Gasteiger partial charge is 0.193 e. The van der Waals surface area contributed by atoms with Gasteiger partial charge >= 0.3 is 0 Å². The van der Waals surface area contributed by atoms with Gasteiger partial charge in [-0.2, -0.15) is 0 Å². The van der Waals surface area contributed by atoms with Crippen LogP contribution in [-0.4, -0.2) is 5.78 Å². The highest BCUT2D eigenvalue weighted by Gasteiger charge is 2.14. The van der Waals surface area contributed by atoms with Crippen molar-refractivity contribution < 1.29 is 4.79 Å². The zero-order valence-electron chi connectivity index (χ0n) is 12.1. The Morgan fingerprint density at radius 1 is 1.15 bits per heavy atom. The summed E-state index contributed by atoms with van der Waals surface area (Å²) in [6, 6.07) is 15.4. The highest BCUT2D eigenvalue weighted by Crippen LogP contribution is 2.20. The van der Waals surface area contributed by atoms with Crippen LogP contribution in [0.1, 0.15) is 40.9 Å². The SMILES string of the molecule is C=Cc1ccc(C(=O)c2ccccc2)c(CC(C)C)c1. The standard InChI is InChI=1S/C19H20O/c1-4-15-10-11-18(17(13-15)12-14(2)3)19(20)16-8-6-5-7-9-16/h4-11,13-14H,1,12H2,2-3H3. The molecule has 0 aliphatic heterocycles. The van der Waals surface area contributed by atoms with Crippen molar-refractivity contribution in [3.05, 3.63) is 77.4 Å². The second-order valence-electron chi connectivity index (χ2n) is 5.41. The van der Waals surface area contributed by atoms with Crippen molar-refractivity contribution in [3.63, 3.8) is 0 Å². The van der Waals surface area contributed by atoms with Crippen LogP contribution in [0.25, 0.3) is 6.08 Å². The van der Waals surface area contributed by atoms with Gasteiger partial charge in [0.1, 0.15) is 0 Å². The van der Waals surface area contributed by atoms with Gasteiger partial charge in [-0.3, -0.25) is 4.79 Å². The molecule has 0 fully saturated rings. The molecule has 0 radical (unpaired) electrons. The van der Waals surface area contributed by atoms with Crippen molar-refractivity contribution in [3.8, 4) is 0 Å². The van der Waals surface area contributed by atoms with Crippen LogP contribution >= 0.6 is 0 Å². The highest BCUT2D eigenvalue weighted by molar-refractivity contribution is 6.10. The predicted octanol–water partition coefficient (Wildman–Crippen LogP) is 4.76. The molecule has 0 bridgehead atoms. The van der Waals surface area contributed by atoms with E-state index in [9.17, 15) is 4.79 Å². The summed E-state index contributed by atoms with van der Waals surface area (Å²) in [6.45, 7) is 8.13. The minimum atomic E-state index is 0.0943. The second-order valence-corrected chi connectivity index (χ2v) is 5.41. The molecule has 2 aromatic carbocycles. The fraction of sp³-hybridized carbons (Fsp3) is 0.211. The van der Waals surface area contributed by atoms with E-state index in [0.717, 1.165) is 28.7 Å². The molecule has 0 atom stereocenters. The van der Waals surface area contributed by atoms with Gasteiger partial charge in [0.15, 0.2) is 5.78 Å². The monoisotopic (exact) mass is 264 g/mol. The topological polar surface area (TPSA) is 17.1 Å². The molecule has 0 saturated heterocycles. The molecule has 0 saturated carbocycles. The summed E-state index contributed by atoms with van der Waals surface area (Å²) in [7, 11) is 0. The van der Waals surface area contributed by atoms with Crippen LogP contribution in [0.2, 0.25) is 0 Å². The van der Waals surface area contributed by atoms with Crippen LogP contribution in [0.15, 0.2) is 55.1 Å². The van der Waals surface area contributed by atoms with Crippen LogP contribution in [0.4, 0.5) is 0 Å². The maximum absolute atomic E-state index is 12.6. The fourth-order valence-electron chi connectivity index (χ4n) is 2.32. The largest absolute Gasteiger partial charge is 0.289 e. The first kappa shape index (κ1) is 14.3. The Balaban J connectivity index is 2.44. The van der Waals surface area contributed by atoms with E-state index in [1.807, 2.05) is 48.5 Å². The van der Waals surface area contributed by atoms with Gasteiger partial charge in [-0.25, -0.2) is 0 Å². The third-order valence-electron chi connectivity index (χ3n) is 3.27. The minimum absolute atomic E-state index is 0.0943. The lowest BCUT2D eigenvalue weighted by molar-refractivity contribution is 0.103. The maximum atomic E-state index is 12.6. The van der Waals surface area contributed by atoms with Crippen LogP contribution in [0, 0.1) is 5.92 Å². The first-order chi connectivity index (χ1) is 9.61. The zero-order valence-corrected chi connectivity index (χ0v) is 12.1. The summed E-state index contributed by atoms with van der Waals surface area (Å²) in [5, 5.41) is 0. The van der Waals surface area contributed by atoms with E-state index in [1.165, 1.54) is 0 Å². The molecule has 0 aliphatic carbocycles. The van der Waals surface area contributed by atoms with Gasteiger partial charge in [0.25, 0.3) is 0 Å². The number of benzene rings is 2. The number of carbonyl (C=O) groups is 1. The number of carbonyl (C=O) groups excluding carboxylic acids is 1. The number of rotatable bonds is 5. The highest BCUT2D eigenvalue weighted by atomic mass is 16.1. The number of hydrogen-bond acceptors (Lipinski definition) is 1. The molecular formula is C19H20O. The van der Waals surface area contributed by atoms with Gasteiger partial charge in [0.2, 0.25) is 0 Å². The van der Waals surface area contributed by atoms with Gasteiger partial charge in [-0.15, -0.1) is 0 Å². The zero-order chi connectivity index (χ0) is 14.5. The summed E-state index contributed by atoms with van der Waals surface area (Å²) in [4.78, 5) is 12.6. The van der Waals surface area contributed by atoms with Crippen molar-refractivity contribution in [1.29, 1.82) is 0 Å². The lowest BCUT2D eigenvalue weighted by Gasteiger charge is -2.12. The van der Waals surface area contributed by atoms with E-state index in [2.05, 4.69) is 26.5 Å². The molecule has 0 aliphatic rings. The molecule has 1 nitrogen and oxygen atoms in total. The molecule has 2 aromatic rings. The summed E-state index contributed by atoms with van der Waals surface area (Å²) in [5.41, 5.74) is 3.70. The summed E-state index contributed by atoms with van der Waals surface area (Å²) < 4.78 is 0. The third-order valence-corrected chi connectivity index (χ3v) is 3.27. The lowest BCUT2D eigenvalue weighted by Crippen LogP contribution is -2.08. The maximum Gasteiger partial charge on any atom is 0.193 e. The van der Waals surface area contributed by atoms with Crippen molar-refractivity contribution in [2.75, 3.05) is 0 Å². The summed E-state index contributed by atoms with van der Waals surface area (Å²) in [6.07, 6.45) is 2.72. The van der Waals surface area contributed by atoms with E-state index in [-0.39, 0.29) is 5.78 Å². The molecule has 0 aromatic heterocycles. The number of ketones is 1. The summed E-state index contributed by atoms with van der Waals surface area (Å²) in [5.74, 6) is 0.606. The predicted molar refractivity (Wildman–Crippen MR) is 84.9 cm³/mol. The number of hydrogen-bond donors (Lipinski definition) is 0. The molecule has 20 heavy (non-hydrogen) atoms. The van der Waals surface area contributed by atoms with Crippen LogP contribution in [-0.2, 0) is 6.42 Å². The Morgan fingerprint density at radius 3 is 2.45 bits per heavy atom. The average molecular weight is 264 g/mol. The molecule has 0 unspecified atom stereocenters. The van der Waals surface area contributed by atoms with E-state index >= 15 is 0 Å². The van der Waals surface area contributed by atoms with Crippen molar-refractivity contribution in [2.24, 2.45) is 5.92 Å². The molecule has 0 spiro atoms. The molecular weight excluding hydrogens is 244 g/mol. The van der Waals surface area contributed by atoms with Crippen LogP contribution in [0.5, 0.6) is 0 Å². The van der Waals surface area contributed by atoms with Gasteiger partial charge in [-0.1, -0.05) is 75.0 Å². The molecule has 0 amide bonds. The fourth-order valence-corrected chi connectivity index (χ4v) is 2.32. The van der Waals surface area contributed by atoms with Gasteiger partial charge in [0.05, 0.1) is 0 Å². The van der Waals surface area contributed by atoms with Gasteiger partial charge < -0.3 is 0 Å². The third kappa shape index (κ3) is 3.24. The Bertz CT molecular complexity index is 609. The summed E-state index contributed by atoms with van der Waals surface area (Å²) >= 11 is 0. The molecule has 2 rings (SSSR count). The minimum Gasteiger partial charge on any atom is -0.289 e. The average Bonchev–Trinajstić information content (AvgIpc) is 2.46. The molecule has 0 heterocycles. The first-order valence-electron chi connectivity index (χ1n) is 6.97. The van der Waals surface area contributed by atoms with Crippen molar-refractivity contribution in [1.82, 2.24) is 0 Å². The first-order valence-corrected chi connectivity index (χ1v) is 6.97. The van der Waals surface area contributed by atoms with Gasteiger partial charge in [-0.05, 0) is 23.5 Å². The Labute approximate surface area is 121 Å². The second kappa shape index (κ2) is 6.33. The quantitative estimate of drug-likeness (QED) is 0.712. The van der Waals surface area contributed by atoms with Crippen molar-refractivity contribution >= 4 is 11.9 Å². The Kier molecular flexibility index (Phi) is 4.52. The normalized spacial score (nSPS) is 10.6. The molecule has 102 valence electrons. The Hall–Kier alpha value is -2.15. The van der Waals surface area contributed by atoms with E-state index in [0.29, 0.717) is 5.92 Å². The Morgan fingerprint density at radius 2 is 1.85 bits per heavy atom. The van der Waals surface area contributed by atoms with Crippen LogP contribution in [0.3, 0.4) is 0 Å².